The first kappa shape index (κ1) is 19.1. The van der Waals surface area contributed by atoms with Gasteiger partial charge in [0.05, 0.1) is 21.2 Å². The largest absolute Gasteiger partial charge is 0.293 e. The molecule has 0 atom stereocenters. The lowest BCUT2D eigenvalue weighted by Crippen LogP contribution is -2.28. The molecule has 1 fully saturated rings. The van der Waals surface area contributed by atoms with Gasteiger partial charge in [-0.2, -0.15) is 5.10 Å². The molecule has 0 spiro atoms. The summed E-state index contributed by atoms with van der Waals surface area (Å²) in [6.07, 6.45) is 3.88. The number of unbranched alkanes of at least 4 members (excludes halogenated alkanes) is 1. The fraction of sp³-hybridized carbons (Fsp3) is 0.190. The van der Waals surface area contributed by atoms with Gasteiger partial charge in [0.15, 0.2) is 0 Å². The Balaban J connectivity index is 1.74. The lowest BCUT2D eigenvalue weighted by Gasteiger charge is -2.13. The van der Waals surface area contributed by atoms with Crippen LogP contribution in [-0.4, -0.2) is 31.5 Å². The van der Waals surface area contributed by atoms with Gasteiger partial charge >= 0.3 is 0 Å². The van der Waals surface area contributed by atoms with Crippen molar-refractivity contribution in [1.82, 2.24) is 14.7 Å². The van der Waals surface area contributed by atoms with E-state index in [4.69, 9.17) is 17.3 Å². The van der Waals surface area contributed by atoms with E-state index in [1.165, 1.54) is 11.8 Å². The molecule has 142 valence electrons. The summed E-state index contributed by atoms with van der Waals surface area (Å²) in [5.41, 5.74) is 2.72. The summed E-state index contributed by atoms with van der Waals surface area (Å²) in [4.78, 5) is 16.3. The lowest BCUT2D eigenvalue weighted by atomic mass is 10.2. The fourth-order valence-corrected chi connectivity index (χ4v) is 4.94. The Morgan fingerprint density at radius 2 is 2.00 bits per heavy atom. The number of carbonyl (C=O) groups excluding carboxylic acids is 1. The van der Waals surface area contributed by atoms with Crippen LogP contribution in [0.5, 0.6) is 0 Å². The summed E-state index contributed by atoms with van der Waals surface area (Å²) in [6.45, 7) is 2.79. The minimum atomic E-state index is -0.0121. The molecule has 1 amide bonds. The molecular formula is C21H19N3OS3. The highest BCUT2D eigenvalue weighted by atomic mass is 32.2. The van der Waals surface area contributed by atoms with E-state index in [0.717, 1.165) is 34.8 Å². The van der Waals surface area contributed by atoms with Crippen LogP contribution in [0.2, 0.25) is 0 Å². The number of thiocarbonyl (C=S) groups is 1. The molecule has 0 unspecified atom stereocenters. The first-order valence-corrected chi connectivity index (χ1v) is 11.2. The second kappa shape index (κ2) is 8.43. The van der Waals surface area contributed by atoms with Crippen molar-refractivity contribution in [2.24, 2.45) is 0 Å². The third-order valence-electron chi connectivity index (χ3n) is 4.40. The van der Waals surface area contributed by atoms with E-state index < -0.39 is 0 Å². The maximum absolute atomic E-state index is 12.8. The highest BCUT2D eigenvalue weighted by molar-refractivity contribution is 8.26. The van der Waals surface area contributed by atoms with Crippen molar-refractivity contribution >= 4 is 51.6 Å². The van der Waals surface area contributed by atoms with E-state index in [2.05, 4.69) is 13.0 Å². The van der Waals surface area contributed by atoms with E-state index in [1.54, 1.807) is 16.2 Å². The van der Waals surface area contributed by atoms with Gasteiger partial charge in [0.2, 0.25) is 0 Å². The van der Waals surface area contributed by atoms with Crippen LogP contribution in [0.1, 0.15) is 25.5 Å². The van der Waals surface area contributed by atoms with Crippen LogP contribution in [0, 0.1) is 0 Å². The van der Waals surface area contributed by atoms with Gasteiger partial charge in [-0.05, 0) is 42.1 Å². The summed E-state index contributed by atoms with van der Waals surface area (Å²) in [5.74, 6) is -0.0121. The highest BCUT2D eigenvalue weighted by Gasteiger charge is 2.31. The van der Waals surface area contributed by atoms with Crippen LogP contribution in [0.15, 0.2) is 58.8 Å². The molecule has 7 heteroatoms. The molecule has 4 rings (SSSR count). The quantitative estimate of drug-likeness (QED) is 0.380. The zero-order chi connectivity index (χ0) is 19.5. The Morgan fingerprint density at radius 3 is 2.71 bits per heavy atom. The first-order chi connectivity index (χ1) is 13.7. The standard InChI is InChI=1S/C21H19N3OS3/c1-2-3-11-23-20(25)19(28-21(23)26)14-16-13-17(18-10-7-12-27-18)22-24(16)15-8-5-4-6-9-15/h4-10,12-14H,2-3,11H2,1H3. The number of thioether (sulfide) groups is 1. The van der Waals surface area contributed by atoms with E-state index in [9.17, 15) is 4.79 Å². The van der Waals surface area contributed by atoms with E-state index >= 15 is 0 Å². The van der Waals surface area contributed by atoms with Crippen LogP contribution in [0.25, 0.3) is 22.3 Å². The number of hydrogen-bond donors (Lipinski definition) is 0. The molecule has 1 aliphatic heterocycles. The average Bonchev–Trinajstić information content (AvgIpc) is 3.43. The minimum absolute atomic E-state index is 0.0121. The molecule has 3 heterocycles. The predicted octanol–water partition coefficient (Wildman–Crippen LogP) is 5.60. The van der Waals surface area contributed by atoms with Crippen LogP contribution in [0.3, 0.4) is 0 Å². The number of nitrogens with zero attached hydrogens (tertiary/aromatic N) is 3. The van der Waals surface area contributed by atoms with Gasteiger partial charge in [0.1, 0.15) is 10.0 Å². The molecule has 2 aromatic heterocycles. The lowest BCUT2D eigenvalue weighted by molar-refractivity contribution is -0.122. The van der Waals surface area contributed by atoms with Gasteiger partial charge in [-0.25, -0.2) is 4.68 Å². The number of aromatic nitrogens is 2. The van der Waals surface area contributed by atoms with Crippen molar-refractivity contribution in [2.75, 3.05) is 6.54 Å². The van der Waals surface area contributed by atoms with Crippen molar-refractivity contribution < 1.29 is 4.79 Å². The molecule has 0 saturated carbocycles. The summed E-state index contributed by atoms with van der Waals surface area (Å²) < 4.78 is 2.52. The summed E-state index contributed by atoms with van der Waals surface area (Å²) in [6, 6.07) is 16.1. The van der Waals surface area contributed by atoms with Gasteiger partial charge in [-0.1, -0.05) is 61.6 Å². The second-order valence-electron chi connectivity index (χ2n) is 6.37. The SMILES string of the molecule is CCCCN1C(=O)C(=Cc2cc(-c3cccs3)nn2-c2ccccc2)SC1=S. The normalized spacial score (nSPS) is 15.8. The average molecular weight is 426 g/mol. The van der Waals surface area contributed by atoms with Gasteiger partial charge in [-0.3, -0.25) is 9.69 Å². The molecule has 1 aliphatic rings. The monoisotopic (exact) mass is 425 g/mol. The number of para-hydroxylation sites is 1. The molecule has 3 aromatic rings. The molecule has 4 nitrogen and oxygen atoms in total. The molecule has 28 heavy (non-hydrogen) atoms. The Labute approximate surface area is 177 Å². The number of rotatable bonds is 6. The van der Waals surface area contributed by atoms with Gasteiger partial charge in [0, 0.05) is 6.54 Å². The van der Waals surface area contributed by atoms with E-state index in [1.807, 2.05) is 58.6 Å². The van der Waals surface area contributed by atoms with E-state index in [0.29, 0.717) is 15.8 Å². The minimum Gasteiger partial charge on any atom is -0.293 e. The molecule has 0 aliphatic carbocycles. The Morgan fingerprint density at radius 1 is 1.18 bits per heavy atom. The van der Waals surface area contributed by atoms with Crippen molar-refractivity contribution in [2.45, 2.75) is 19.8 Å². The third-order valence-corrected chi connectivity index (χ3v) is 6.67. The molecule has 1 saturated heterocycles. The molecule has 0 N–H and O–H groups in total. The predicted molar refractivity (Wildman–Crippen MR) is 122 cm³/mol. The fourth-order valence-electron chi connectivity index (χ4n) is 2.96. The number of benzene rings is 1. The summed E-state index contributed by atoms with van der Waals surface area (Å²) >= 11 is 8.44. The molecular weight excluding hydrogens is 406 g/mol. The third kappa shape index (κ3) is 3.83. The maximum Gasteiger partial charge on any atom is 0.266 e. The zero-order valence-corrected chi connectivity index (χ0v) is 17.8. The van der Waals surface area contributed by atoms with Crippen molar-refractivity contribution in [3.8, 4) is 16.3 Å². The van der Waals surface area contributed by atoms with Gasteiger partial charge in [0.25, 0.3) is 5.91 Å². The Bertz CT molecular complexity index is 1020. The van der Waals surface area contributed by atoms with E-state index in [-0.39, 0.29) is 5.91 Å². The van der Waals surface area contributed by atoms with Crippen LogP contribution >= 0.6 is 35.3 Å². The maximum atomic E-state index is 12.8. The number of amides is 1. The Kier molecular flexibility index (Phi) is 5.75. The van der Waals surface area contributed by atoms with Gasteiger partial charge < -0.3 is 0 Å². The molecule has 1 aromatic carbocycles. The zero-order valence-electron chi connectivity index (χ0n) is 15.4. The summed E-state index contributed by atoms with van der Waals surface area (Å²) in [5, 5.41) is 6.83. The molecule has 0 radical (unpaired) electrons. The van der Waals surface area contributed by atoms with Crippen LogP contribution in [0.4, 0.5) is 0 Å². The van der Waals surface area contributed by atoms with Crippen molar-refractivity contribution in [3.05, 3.63) is 64.5 Å². The summed E-state index contributed by atoms with van der Waals surface area (Å²) in [7, 11) is 0. The molecule has 0 bridgehead atoms. The smallest absolute Gasteiger partial charge is 0.266 e. The number of thiophene rings is 1. The topological polar surface area (TPSA) is 38.1 Å². The first-order valence-electron chi connectivity index (χ1n) is 9.12. The van der Waals surface area contributed by atoms with Crippen LogP contribution < -0.4 is 0 Å². The van der Waals surface area contributed by atoms with Gasteiger partial charge in [-0.15, -0.1) is 11.3 Å². The van der Waals surface area contributed by atoms with Crippen molar-refractivity contribution in [3.63, 3.8) is 0 Å². The highest BCUT2D eigenvalue weighted by Crippen LogP contribution is 2.34. The number of hydrogen-bond acceptors (Lipinski definition) is 5. The van der Waals surface area contributed by atoms with Crippen molar-refractivity contribution in [1.29, 1.82) is 0 Å². The number of carbonyl (C=O) groups is 1. The Hall–Kier alpha value is -2.22. The van der Waals surface area contributed by atoms with Crippen LogP contribution in [-0.2, 0) is 4.79 Å². The second-order valence-corrected chi connectivity index (χ2v) is 8.99.